The zero-order valence-electron chi connectivity index (χ0n) is 8.09. The van der Waals surface area contributed by atoms with Crippen LogP contribution in [0.1, 0.15) is 5.82 Å². The lowest BCUT2D eigenvalue weighted by atomic mass is 10.2. The summed E-state index contributed by atoms with van der Waals surface area (Å²) in [6, 6.07) is 9.92. The van der Waals surface area contributed by atoms with E-state index in [4.69, 9.17) is 0 Å². The average Bonchev–Trinajstić information content (AvgIpc) is 2.74. The summed E-state index contributed by atoms with van der Waals surface area (Å²) in [7, 11) is 0. The van der Waals surface area contributed by atoms with E-state index >= 15 is 0 Å². The van der Waals surface area contributed by atoms with Crippen molar-refractivity contribution in [1.29, 1.82) is 0 Å². The van der Waals surface area contributed by atoms with Crippen molar-refractivity contribution in [2.75, 3.05) is 6.54 Å². The van der Waals surface area contributed by atoms with E-state index in [1.54, 1.807) is 12.4 Å². The molecule has 1 aliphatic rings. The van der Waals surface area contributed by atoms with Crippen molar-refractivity contribution < 1.29 is 0 Å². The molecule has 1 aromatic carbocycles. The Bertz CT molecular complexity index is 602. The van der Waals surface area contributed by atoms with E-state index in [9.17, 15) is 0 Å². The largest absolute Gasteiger partial charge is 0.280 e. The fourth-order valence-electron chi connectivity index (χ4n) is 1.76. The number of fused-ring (bicyclic) bond motifs is 1. The second-order valence-corrected chi connectivity index (χ2v) is 3.38. The Balaban J connectivity index is 2.31. The van der Waals surface area contributed by atoms with Gasteiger partial charge in [0.1, 0.15) is 0 Å². The van der Waals surface area contributed by atoms with Gasteiger partial charge in [-0.15, -0.1) is 0 Å². The minimum Gasteiger partial charge on any atom is -0.280 e. The predicted octanol–water partition coefficient (Wildman–Crippen LogP) is 0.309. The zero-order chi connectivity index (χ0) is 10.1. The quantitative estimate of drug-likeness (QED) is 0.656. The minimum atomic E-state index is 0.684. The third-order valence-corrected chi connectivity index (χ3v) is 2.47. The highest BCUT2D eigenvalue weighted by Gasteiger charge is 2.09. The average molecular weight is 195 g/mol. The molecule has 0 aliphatic carbocycles. The van der Waals surface area contributed by atoms with Gasteiger partial charge in [0.15, 0.2) is 5.82 Å². The van der Waals surface area contributed by atoms with Crippen molar-refractivity contribution in [2.45, 2.75) is 0 Å². The van der Waals surface area contributed by atoms with Gasteiger partial charge in [-0.3, -0.25) is 4.99 Å². The molecule has 3 heteroatoms. The molecule has 0 bridgehead atoms. The van der Waals surface area contributed by atoms with E-state index < -0.39 is 0 Å². The van der Waals surface area contributed by atoms with Gasteiger partial charge in [-0.1, -0.05) is 18.2 Å². The number of aromatic nitrogens is 2. The Hall–Kier alpha value is -2.03. The van der Waals surface area contributed by atoms with Crippen LogP contribution in [0, 0.1) is 0 Å². The molecule has 3 rings (SSSR count). The molecule has 0 fully saturated rings. The van der Waals surface area contributed by atoms with Gasteiger partial charge in [0.05, 0.1) is 11.9 Å². The number of benzene rings is 1. The molecule has 3 nitrogen and oxygen atoms in total. The first-order chi connectivity index (χ1) is 7.45. The first kappa shape index (κ1) is 8.29. The normalized spacial score (nSPS) is 13.5. The molecule has 0 spiro atoms. The van der Waals surface area contributed by atoms with Crippen LogP contribution in [0.25, 0.3) is 5.57 Å². The zero-order valence-corrected chi connectivity index (χ0v) is 8.09. The lowest BCUT2D eigenvalue weighted by Gasteiger charge is -1.97. The molecule has 0 atom stereocenters. The van der Waals surface area contributed by atoms with Crippen LogP contribution in [-0.2, 0) is 0 Å². The Morgan fingerprint density at radius 3 is 2.60 bits per heavy atom. The summed E-state index contributed by atoms with van der Waals surface area (Å²) >= 11 is 0. The third-order valence-electron chi connectivity index (χ3n) is 2.47. The Morgan fingerprint density at radius 2 is 1.73 bits per heavy atom. The van der Waals surface area contributed by atoms with Crippen molar-refractivity contribution >= 4 is 5.57 Å². The highest BCUT2D eigenvalue weighted by atomic mass is 14.9. The van der Waals surface area contributed by atoms with Gasteiger partial charge in [-0.2, -0.15) is 0 Å². The molecule has 15 heavy (non-hydrogen) atoms. The van der Waals surface area contributed by atoms with E-state index in [-0.39, 0.29) is 0 Å². The highest BCUT2D eigenvalue weighted by molar-refractivity contribution is 5.62. The summed E-state index contributed by atoms with van der Waals surface area (Å²) in [5.41, 5.74) is 1.12. The standard InChI is InChI=1S/C12H9N3/c1-2-5-11-9(4-1)10(8-15-11)12-13-6-3-7-14-12/h1-7H,8H2. The van der Waals surface area contributed by atoms with Crippen molar-refractivity contribution in [3.8, 4) is 0 Å². The van der Waals surface area contributed by atoms with Crippen LogP contribution in [-0.4, -0.2) is 16.5 Å². The van der Waals surface area contributed by atoms with Crippen molar-refractivity contribution in [3.63, 3.8) is 0 Å². The molecule has 0 radical (unpaired) electrons. The number of para-hydroxylation sites is 1. The van der Waals surface area contributed by atoms with Crippen LogP contribution >= 0.6 is 0 Å². The second-order valence-electron chi connectivity index (χ2n) is 3.38. The maximum atomic E-state index is 4.44. The Kier molecular flexibility index (Phi) is 1.81. The smallest absolute Gasteiger partial charge is 0.157 e. The summed E-state index contributed by atoms with van der Waals surface area (Å²) < 4.78 is 0. The van der Waals surface area contributed by atoms with E-state index in [0.717, 1.165) is 22.0 Å². The first-order valence-corrected chi connectivity index (χ1v) is 4.85. The Morgan fingerprint density at radius 1 is 0.933 bits per heavy atom. The maximum Gasteiger partial charge on any atom is 0.157 e. The fourth-order valence-corrected chi connectivity index (χ4v) is 1.76. The molecular formula is C12H9N3. The van der Waals surface area contributed by atoms with Crippen LogP contribution < -0.4 is 10.6 Å². The maximum absolute atomic E-state index is 4.44. The molecular weight excluding hydrogens is 186 g/mol. The summed E-state index contributed by atoms with van der Waals surface area (Å²) in [5.74, 6) is 0.784. The van der Waals surface area contributed by atoms with Crippen LogP contribution in [0.2, 0.25) is 0 Å². The van der Waals surface area contributed by atoms with Crippen LogP contribution in [0.3, 0.4) is 0 Å². The van der Waals surface area contributed by atoms with Crippen molar-refractivity contribution in [2.24, 2.45) is 4.99 Å². The van der Waals surface area contributed by atoms with Crippen molar-refractivity contribution in [1.82, 2.24) is 9.97 Å². The van der Waals surface area contributed by atoms with Gasteiger partial charge in [0.25, 0.3) is 0 Å². The molecule has 1 aliphatic heterocycles. The van der Waals surface area contributed by atoms with Gasteiger partial charge in [-0.25, -0.2) is 9.97 Å². The summed E-state index contributed by atoms with van der Waals surface area (Å²) in [6.07, 6.45) is 3.52. The van der Waals surface area contributed by atoms with E-state index in [0.29, 0.717) is 6.54 Å². The number of hydrogen-bond acceptors (Lipinski definition) is 3. The fraction of sp³-hybridized carbons (Fsp3) is 0.0833. The highest BCUT2D eigenvalue weighted by Crippen LogP contribution is 2.05. The molecule has 0 amide bonds. The number of nitrogens with zero attached hydrogens (tertiary/aromatic N) is 3. The molecule has 0 N–H and O–H groups in total. The van der Waals surface area contributed by atoms with Crippen LogP contribution in [0.5, 0.6) is 0 Å². The topological polar surface area (TPSA) is 38.1 Å². The number of hydrogen-bond donors (Lipinski definition) is 0. The predicted molar refractivity (Wildman–Crippen MR) is 56.6 cm³/mol. The summed E-state index contributed by atoms with van der Waals surface area (Å²) in [5, 5.41) is 2.20. The molecule has 2 heterocycles. The first-order valence-electron chi connectivity index (χ1n) is 4.85. The molecule has 1 aromatic heterocycles. The molecule has 0 saturated heterocycles. The lowest BCUT2D eigenvalue weighted by molar-refractivity contribution is 1.09. The molecule has 0 saturated carbocycles. The molecule has 2 aromatic rings. The third kappa shape index (κ3) is 1.32. The van der Waals surface area contributed by atoms with Gasteiger partial charge >= 0.3 is 0 Å². The lowest BCUT2D eigenvalue weighted by Crippen LogP contribution is -2.22. The summed E-state index contributed by atoms with van der Waals surface area (Å²) in [4.78, 5) is 12.9. The molecule has 0 unspecified atom stereocenters. The van der Waals surface area contributed by atoms with E-state index in [1.807, 2.05) is 24.3 Å². The summed E-state index contributed by atoms with van der Waals surface area (Å²) in [6.45, 7) is 0.684. The minimum absolute atomic E-state index is 0.684. The van der Waals surface area contributed by atoms with E-state index in [1.165, 1.54) is 0 Å². The monoisotopic (exact) mass is 195 g/mol. The SMILES string of the molecule is c1cnc(C2=c3ccccc3=NC2)nc1. The van der Waals surface area contributed by atoms with E-state index in [2.05, 4.69) is 21.0 Å². The molecule has 72 valence electrons. The second kappa shape index (κ2) is 3.28. The van der Waals surface area contributed by atoms with Crippen LogP contribution in [0.4, 0.5) is 0 Å². The van der Waals surface area contributed by atoms with Gasteiger partial charge in [0, 0.05) is 23.2 Å². The Labute approximate surface area is 86.9 Å². The van der Waals surface area contributed by atoms with Gasteiger partial charge < -0.3 is 0 Å². The van der Waals surface area contributed by atoms with Crippen molar-refractivity contribution in [3.05, 3.63) is 59.1 Å². The van der Waals surface area contributed by atoms with Crippen LogP contribution in [0.15, 0.2) is 47.7 Å². The number of rotatable bonds is 1. The van der Waals surface area contributed by atoms with Gasteiger partial charge in [0.2, 0.25) is 0 Å². The van der Waals surface area contributed by atoms with Gasteiger partial charge in [-0.05, 0) is 12.1 Å².